The monoisotopic (exact) mass is 320 g/mol. The summed E-state index contributed by atoms with van der Waals surface area (Å²) in [7, 11) is -4.18. The fraction of sp³-hybridized carbons (Fsp3) is 0.444. The summed E-state index contributed by atoms with van der Waals surface area (Å²) in [5.41, 5.74) is 1.99. The standard InChI is InChI=1S/C18H24O3S/c1-3-5-7-14-9-10-15-13-18(22(19,20)21)16(8-6-4-2)12-17(15)11-14/h9-13H,3-8H2,1-2H3,(H,19,20,21). The van der Waals surface area contributed by atoms with Gasteiger partial charge in [0, 0.05) is 0 Å². The van der Waals surface area contributed by atoms with Crippen molar-refractivity contribution >= 4 is 20.9 Å². The van der Waals surface area contributed by atoms with Crippen molar-refractivity contribution in [2.75, 3.05) is 0 Å². The summed E-state index contributed by atoms with van der Waals surface area (Å²) in [5, 5.41) is 1.90. The van der Waals surface area contributed by atoms with E-state index in [1.807, 2.05) is 18.2 Å². The average molecular weight is 320 g/mol. The van der Waals surface area contributed by atoms with E-state index in [0.29, 0.717) is 12.0 Å². The Labute approximate surface area is 133 Å². The molecule has 3 nitrogen and oxygen atoms in total. The minimum absolute atomic E-state index is 0.0507. The van der Waals surface area contributed by atoms with E-state index in [1.165, 1.54) is 5.56 Å². The Kier molecular flexibility index (Phi) is 5.59. The van der Waals surface area contributed by atoms with Gasteiger partial charge >= 0.3 is 0 Å². The maximum atomic E-state index is 11.6. The zero-order valence-corrected chi connectivity index (χ0v) is 14.1. The minimum atomic E-state index is -4.18. The summed E-state index contributed by atoms with van der Waals surface area (Å²) in [4.78, 5) is 0.0507. The molecule has 0 unspecified atom stereocenters. The molecule has 0 radical (unpaired) electrons. The van der Waals surface area contributed by atoms with Crippen LogP contribution in [0.2, 0.25) is 0 Å². The highest BCUT2D eigenvalue weighted by atomic mass is 32.2. The summed E-state index contributed by atoms with van der Waals surface area (Å²) in [6, 6.07) is 9.63. The Hall–Kier alpha value is -1.39. The molecule has 0 bridgehead atoms. The lowest BCUT2D eigenvalue weighted by Gasteiger charge is -2.10. The topological polar surface area (TPSA) is 54.4 Å². The SMILES string of the molecule is CCCCc1ccc2cc(S(=O)(=O)O)c(CCCC)cc2c1. The molecular weight excluding hydrogens is 296 g/mol. The number of hydrogen-bond donors (Lipinski definition) is 1. The van der Waals surface area contributed by atoms with Crippen LogP contribution < -0.4 is 0 Å². The van der Waals surface area contributed by atoms with Gasteiger partial charge in [-0.05, 0) is 59.7 Å². The first kappa shape index (κ1) is 17.0. The van der Waals surface area contributed by atoms with Crippen LogP contribution in [0, 0.1) is 0 Å². The lowest BCUT2D eigenvalue weighted by atomic mass is 9.99. The van der Waals surface area contributed by atoms with E-state index < -0.39 is 10.1 Å². The Balaban J connectivity index is 2.51. The van der Waals surface area contributed by atoms with Crippen molar-refractivity contribution in [3.63, 3.8) is 0 Å². The number of benzene rings is 2. The number of aryl methyl sites for hydroxylation is 2. The second-order valence-corrected chi connectivity index (χ2v) is 7.21. The Morgan fingerprint density at radius 2 is 1.59 bits per heavy atom. The van der Waals surface area contributed by atoms with Crippen LogP contribution in [0.25, 0.3) is 10.8 Å². The van der Waals surface area contributed by atoms with Crippen LogP contribution in [0.1, 0.15) is 50.7 Å². The fourth-order valence-corrected chi connectivity index (χ4v) is 3.48. The largest absolute Gasteiger partial charge is 0.294 e. The van der Waals surface area contributed by atoms with Crippen LogP contribution in [-0.2, 0) is 23.0 Å². The average Bonchev–Trinajstić information content (AvgIpc) is 2.48. The van der Waals surface area contributed by atoms with Gasteiger partial charge in [0.05, 0.1) is 4.90 Å². The molecule has 0 aliphatic carbocycles. The van der Waals surface area contributed by atoms with Gasteiger partial charge in [0.15, 0.2) is 0 Å². The predicted octanol–water partition coefficient (Wildman–Crippen LogP) is 4.77. The zero-order valence-electron chi connectivity index (χ0n) is 13.3. The summed E-state index contributed by atoms with van der Waals surface area (Å²) in [6.07, 6.45) is 5.90. The van der Waals surface area contributed by atoms with E-state index in [-0.39, 0.29) is 4.90 Å². The maximum Gasteiger partial charge on any atom is 0.294 e. The van der Waals surface area contributed by atoms with Crippen molar-refractivity contribution in [2.24, 2.45) is 0 Å². The van der Waals surface area contributed by atoms with Crippen molar-refractivity contribution in [1.29, 1.82) is 0 Å². The summed E-state index contributed by atoms with van der Waals surface area (Å²) >= 11 is 0. The van der Waals surface area contributed by atoms with Crippen molar-refractivity contribution < 1.29 is 13.0 Å². The Morgan fingerprint density at radius 3 is 2.23 bits per heavy atom. The Bertz CT molecular complexity index is 748. The van der Waals surface area contributed by atoms with Gasteiger partial charge in [-0.2, -0.15) is 8.42 Å². The van der Waals surface area contributed by atoms with Gasteiger partial charge < -0.3 is 0 Å². The van der Waals surface area contributed by atoms with Gasteiger partial charge in [0.1, 0.15) is 0 Å². The third-order valence-electron chi connectivity index (χ3n) is 3.98. The highest BCUT2D eigenvalue weighted by Crippen LogP contribution is 2.26. The van der Waals surface area contributed by atoms with Crippen molar-refractivity contribution in [1.82, 2.24) is 0 Å². The molecule has 0 saturated heterocycles. The van der Waals surface area contributed by atoms with Gasteiger partial charge in [0.2, 0.25) is 0 Å². The third kappa shape index (κ3) is 4.08. The quantitative estimate of drug-likeness (QED) is 0.747. The highest BCUT2D eigenvalue weighted by molar-refractivity contribution is 7.85. The molecule has 0 amide bonds. The zero-order chi connectivity index (χ0) is 16.2. The molecule has 0 aliphatic rings. The summed E-state index contributed by atoms with van der Waals surface area (Å²) < 4.78 is 32.7. The maximum absolute atomic E-state index is 11.6. The molecule has 0 saturated carbocycles. The van der Waals surface area contributed by atoms with E-state index in [1.54, 1.807) is 6.07 Å². The molecule has 0 aromatic heterocycles. The van der Waals surface area contributed by atoms with Crippen LogP contribution >= 0.6 is 0 Å². The second kappa shape index (κ2) is 7.25. The van der Waals surface area contributed by atoms with Crippen molar-refractivity contribution in [3.8, 4) is 0 Å². The first-order chi connectivity index (χ1) is 10.5. The van der Waals surface area contributed by atoms with E-state index >= 15 is 0 Å². The van der Waals surface area contributed by atoms with Gasteiger partial charge in [-0.15, -0.1) is 0 Å². The fourth-order valence-electron chi connectivity index (χ4n) is 2.71. The summed E-state index contributed by atoms with van der Waals surface area (Å²) in [6.45, 7) is 4.24. The van der Waals surface area contributed by atoms with Crippen LogP contribution in [0.3, 0.4) is 0 Å². The number of hydrogen-bond acceptors (Lipinski definition) is 2. The molecule has 120 valence electrons. The molecule has 0 spiro atoms. The number of fused-ring (bicyclic) bond motifs is 1. The molecule has 1 N–H and O–H groups in total. The lowest BCUT2D eigenvalue weighted by Crippen LogP contribution is -2.03. The predicted molar refractivity (Wildman–Crippen MR) is 91.0 cm³/mol. The highest BCUT2D eigenvalue weighted by Gasteiger charge is 2.16. The molecule has 4 heteroatoms. The van der Waals surface area contributed by atoms with Crippen molar-refractivity contribution in [2.45, 2.75) is 57.3 Å². The van der Waals surface area contributed by atoms with E-state index in [2.05, 4.69) is 19.9 Å². The molecule has 22 heavy (non-hydrogen) atoms. The van der Waals surface area contributed by atoms with E-state index in [0.717, 1.165) is 42.9 Å². The van der Waals surface area contributed by atoms with E-state index in [9.17, 15) is 13.0 Å². The van der Waals surface area contributed by atoms with Crippen LogP contribution in [-0.4, -0.2) is 13.0 Å². The van der Waals surface area contributed by atoms with Crippen LogP contribution in [0.5, 0.6) is 0 Å². The molecule has 2 rings (SSSR count). The lowest BCUT2D eigenvalue weighted by molar-refractivity contribution is 0.482. The smallest absolute Gasteiger partial charge is 0.282 e. The molecule has 0 aliphatic heterocycles. The Morgan fingerprint density at radius 1 is 0.909 bits per heavy atom. The molecule has 2 aromatic carbocycles. The number of unbranched alkanes of at least 4 members (excludes halogenated alkanes) is 2. The van der Waals surface area contributed by atoms with Crippen molar-refractivity contribution in [3.05, 3.63) is 41.5 Å². The molecule has 2 aromatic rings. The van der Waals surface area contributed by atoms with Gasteiger partial charge in [-0.1, -0.05) is 44.9 Å². The molecular formula is C18H24O3S. The van der Waals surface area contributed by atoms with Gasteiger partial charge in [-0.25, -0.2) is 0 Å². The molecule has 0 fully saturated rings. The van der Waals surface area contributed by atoms with Crippen LogP contribution in [0.15, 0.2) is 35.2 Å². The third-order valence-corrected chi connectivity index (χ3v) is 4.92. The number of rotatable bonds is 7. The van der Waals surface area contributed by atoms with Gasteiger partial charge in [0.25, 0.3) is 10.1 Å². The van der Waals surface area contributed by atoms with Crippen LogP contribution in [0.4, 0.5) is 0 Å². The van der Waals surface area contributed by atoms with E-state index in [4.69, 9.17) is 0 Å². The first-order valence-corrected chi connectivity index (χ1v) is 9.42. The first-order valence-electron chi connectivity index (χ1n) is 7.98. The minimum Gasteiger partial charge on any atom is -0.282 e. The second-order valence-electron chi connectivity index (χ2n) is 5.82. The van der Waals surface area contributed by atoms with Gasteiger partial charge in [-0.3, -0.25) is 4.55 Å². The molecule has 0 heterocycles. The normalized spacial score (nSPS) is 12.0. The summed E-state index contributed by atoms with van der Waals surface area (Å²) in [5.74, 6) is 0. The molecule has 0 atom stereocenters.